The molecule has 178 valence electrons. The lowest BCUT2D eigenvalue weighted by Gasteiger charge is -2.27. The largest absolute Gasteiger partial charge is 0.573 e. The lowest BCUT2D eigenvalue weighted by Crippen LogP contribution is -2.34. The fraction of sp³-hybridized carbons (Fsp3) is 0.440. The molecule has 8 heteroatoms. The first kappa shape index (κ1) is 23.4. The minimum absolute atomic E-state index is 0.160. The molecule has 1 fully saturated rings. The summed E-state index contributed by atoms with van der Waals surface area (Å²) in [7, 11) is 2.15. The quantitative estimate of drug-likeness (QED) is 0.518. The molecule has 1 saturated heterocycles. The average molecular weight is 462 g/mol. The Morgan fingerprint density at radius 2 is 1.82 bits per heavy atom. The maximum absolute atomic E-state index is 12.4. The Bertz CT molecular complexity index is 1090. The Kier molecular flexibility index (Phi) is 6.86. The van der Waals surface area contributed by atoms with Gasteiger partial charge in [0.25, 0.3) is 0 Å². The van der Waals surface area contributed by atoms with Gasteiger partial charge in [0.1, 0.15) is 5.75 Å². The molecule has 2 N–H and O–H groups in total. The first-order valence-corrected chi connectivity index (χ1v) is 11.2. The molecule has 4 rings (SSSR count). The van der Waals surface area contributed by atoms with Crippen LogP contribution in [0.2, 0.25) is 0 Å². The summed E-state index contributed by atoms with van der Waals surface area (Å²) in [4.78, 5) is 2.36. The van der Waals surface area contributed by atoms with E-state index in [-0.39, 0.29) is 11.6 Å². The van der Waals surface area contributed by atoms with Crippen LogP contribution in [0.25, 0.3) is 10.8 Å². The van der Waals surface area contributed by atoms with Gasteiger partial charge in [-0.05, 0) is 80.7 Å². The minimum Gasteiger partial charge on any atom is -0.494 e. The second kappa shape index (κ2) is 9.65. The smallest absolute Gasteiger partial charge is 0.494 e. The van der Waals surface area contributed by atoms with Crippen molar-refractivity contribution in [2.75, 3.05) is 26.7 Å². The molecular weight excluding hydrogens is 431 g/mol. The van der Waals surface area contributed by atoms with Crippen molar-refractivity contribution < 1.29 is 23.0 Å². The van der Waals surface area contributed by atoms with Crippen molar-refractivity contribution in [1.29, 1.82) is 0 Å². The van der Waals surface area contributed by atoms with Crippen LogP contribution in [0.1, 0.15) is 29.5 Å². The van der Waals surface area contributed by atoms with Crippen molar-refractivity contribution in [3.05, 3.63) is 59.3 Å². The number of nitrogens with zero attached hydrogens (tertiary/aromatic N) is 2. The molecule has 0 saturated carbocycles. The number of benzene rings is 2. The molecule has 1 aromatic heterocycles. The zero-order valence-corrected chi connectivity index (χ0v) is 19.0. The molecule has 2 heterocycles. The number of aromatic nitrogens is 1. The first-order chi connectivity index (χ1) is 15.7. The van der Waals surface area contributed by atoms with Crippen LogP contribution in [0.5, 0.6) is 11.6 Å². The summed E-state index contributed by atoms with van der Waals surface area (Å²) in [5.74, 6) is 0.620. The van der Waals surface area contributed by atoms with Crippen molar-refractivity contribution in [3.8, 4) is 11.6 Å². The van der Waals surface area contributed by atoms with Crippen molar-refractivity contribution >= 4 is 10.8 Å². The third-order valence-corrected chi connectivity index (χ3v) is 6.21. The first-order valence-electron chi connectivity index (χ1n) is 11.2. The molecule has 5 nitrogen and oxygen atoms in total. The normalized spacial score (nSPS) is 15.5. The molecular formula is C25H30F3N3O2. The van der Waals surface area contributed by atoms with Gasteiger partial charge in [-0.3, -0.25) is 0 Å². The summed E-state index contributed by atoms with van der Waals surface area (Å²) in [6.45, 7) is 6.43. The molecule has 0 spiro atoms. The number of hydrogen-bond acceptors (Lipinski definition) is 4. The summed E-state index contributed by atoms with van der Waals surface area (Å²) in [5.41, 5.74) is 2.96. The van der Waals surface area contributed by atoms with Crippen LogP contribution in [0.4, 0.5) is 13.2 Å². The second-order valence-corrected chi connectivity index (χ2v) is 9.04. The minimum atomic E-state index is -4.71. The van der Waals surface area contributed by atoms with Crippen molar-refractivity contribution in [1.82, 2.24) is 14.8 Å². The monoisotopic (exact) mass is 461 g/mol. The number of aromatic hydroxyl groups is 1. The zero-order valence-electron chi connectivity index (χ0n) is 19.0. The molecule has 2 aromatic carbocycles. The van der Waals surface area contributed by atoms with Crippen LogP contribution in [0.3, 0.4) is 0 Å². The van der Waals surface area contributed by atoms with Crippen molar-refractivity contribution in [3.63, 3.8) is 0 Å². The fourth-order valence-electron chi connectivity index (χ4n) is 4.76. The molecule has 0 amide bonds. The lowest BCUT2D eigenvalue weighted by molar-refractivity contribution is -0.274. The standard InChI is InChI=1S/C25H30F3N3O2/c1-17-11-20(14-30(2)13-19-7-9-29-10-8-19)12-21-16-31(24(32)23(17)21)15-18-3-5-22(6-4-18)33-25(26,27)28/h3-6,11-12,16,19,29,32H,7-10,13-15H2,1-2H3. The van der Waals surface area contributed by atoms with E-state index in [0.29, 0.717) is 6.54 Å². The number of halogens is 3. The zero-order chi connectivity index (χ0) is 23.6. The van der Waals surface area contributed by atoms with E-state index in [4.69, 9.17) is 0 Å². The molecule has 0 atom stereocenters. The number of fused-ring (bicyclic) bond motifs is 1. The number of hydrogen-bond donors (Lipinski definition) is 2. The van der Waals surface area contributed by atoms with Gasteiger partial charge in [0.15, 0.2) is 5.88 Å². The number of aryl methyl sites for hydroxylation is 1. The Labute approximate surface area is 191 Å². The van der Waals surface area contributed by atoms with E-state index >= 15 is 0 Å². The maximum Gasteiger partial charge on any atom is 0.573 e. The molecule has 0 aliphatic carbocycles. The molecule has 33 heavy (non-hydrogen) atoms. The summed E-state index contributed by atoms with van der Waals surface area (Å²) >= 11 is 0. The Balaban J connectivity index is 1.48. The Hall–Kier alpha value is -2.71. The van der Waals surface area contributed by atoms with Gasteiger partial charge >= 0.3 is 6.36 Å². The molecule has 1 aliphatic heterocycles. The summed E-state index contributed by atoms with van der Waals surface area (Å²) < 4.78 is 42.7. The van der Waals surface area contributed by atoms with Gasteiger partial charge in [-0.25, -0.2) is 0 Å². The van der Waals surface area contributed by atoms with E-state index in [1.165, 1.54) is 30.5 Å². The molecule has 1 aliphatic rings. The fourth-order valence-corrected chi connectivity index (χ4v) is 4.76. The summed E-state index contributed by atoms with van der Waals surface area (Å²) in [6, 6.07) is 9.93. The van der Waals surface area contributed by atoms with E-state index in [1.54, 1.807) is 16.7 Å². The van der Waals surface area contributed by atoms with E-state index in [0.717, 1.165) is 54.0 Å². The number of alkyl halides is 3. The highest BCUT2D eigenvalue weighted by molar-refractivity contribution is 5.91. The predicted octanol–water partition coefficient (Wildman–Crippen LogP) is 5.03. The highest BCUT2D eigenvalue weighted by Gasteiger charge is 2.31. The van der Waals surface area contributed by atoms with Crippen LogP contribution < -0.4 is 10.1 Å². The average Bonchev–Trinajstić information content (AvgIpc) is 3.04. The SMILES string of the molecule is Cc1cc(CN(C)CC2CCNCC2)cc2cn(Cc3ccc(OC(F)(F)F)cc3)c(O)c12. The number of piperidine rings is 1. The van der Waals surface area contributed by atoms with Crippen LogP contribution in [0, 0.1) is 12.8 Å². The molecule has 0 unspecified atom stereocenters. The van der Waals surface area contributed by atoms with Gasteiger partial charge < -0.3 is 24.6 Å². The van der Waals surface area contributed by atoms with Gasteiger partial charge in [0.2, 0.25) is 0 Å². The van der Waals surface area contributed by atoms with E-state index in [1.807, 2.05) is 13.1 Å². The van der Waals surface area contributed by atoms with Gasteiger partial charge in [0, 0.05) is 30.1 Å². The third-order valence-electron chi connectivity index (χ3n) is 6.21. The molecule has 3 aromatic rings. The molecule has 0 radical (unpaired) electrons. The lowest BCUT2D eigenvalue weighted by atomic mass is 9.97. The topological polar surface area (TPSA) is 49.7 Å². The van der Waals surface area contributed by atoms with Gasteiger partial charge in [-0.1, -0.05) is 18.2 Å². The predicted molar refractivity (Wildman–Crippen MR) is 122 cm³/mol. The van der Waals surface area contributed by atoms with E-state index in [9.17, 15) is 18.3 Å². The summed E-state index contributed by atoms with van der Waals surface area (Å²) in [6.07, 6.45) is -0.395. The third kappa shape index (κ3) is 6.00. The highest BCUT2D eigenvalue weighted by Crippen LogP contribution is 2.32. The highest BCUT2D eigenvalue weighted by atomic mass is 19.4. The number of rotatable bonds is 7. The number of ether oxygens (including phenoxy) is 1. The van der Waals surface area contributed by atoms with E-state index in [2.05, 4.69) is 34.1 Å². The van der Waals surface area contributed by atoms with Crippen LogP contribution >= 0.6 is 0 Å². The van der Waals surface area contributed by atoms with Crippen LogP contribution in [0.15, 0.2) is 42.6 Å². The van der Waals surface area contributed by atoms with Gasteiger partial charge in [0.05, 0.1) is 6.54 Å². The second-order valence-electron chi connectivity index (χ2n) is 9.04. The van der Waals surface area contributed by atoms with Gasteiger partial charge in [-0.2, -0.15) is 0 Å². The van der Waals surface area contributed by atoms with Crippen LogP contribution in [-0.2, 0) is 13.1 Å². The maximum atomic E-state index is 12.4. The molecule has 0 bridgehead atoms. The van der Waals surface area contributed by atoms with Crippen molar-refractivity contribution in [2.45, 2.75) is 39.2 Å². The van der Waals surface area contributed by atoms with Gasteiger partial charge in [-0.15, -0.1) is 13.2 Å². The Morgan fingerprint density at radius 1 is 1.12 bits per heavy atom. The van der Waals surface area contributed by atoms with Crippen LogP contribution in [-0.4, -0.2) is 47.6 Å². The Morgan fingerprint density at radius 3 is 2.48 bits per heavy atom. The van der Waals surface area contributed by atoms with Crippen molar-refractivity contribution in [2.24, 2.45) is 5.92 Å². The van der Waals surface area contributed by atoms with E-state index < -0.39 is 6.36 Å². The summed E-state index contributed by atoms with van der Waals surface area (Å²) in [5, 5.41) is 16.0. The number of nitrogens with one attached hydrogen (secondary N) is 1.